The van der Waals surface area contributed by atoms with Crippen LogP contribution in [-0.2, 0) is 10.2 Å². The summed E-state index contributed by atoms with van der Waals surface area (Å²) in [7, 11) is 0. The number of carbonyl (C=O) groups is 1. The summed E-state index contributed by atoms with van der Waals surface area (Å²) in [5.74, 6) is -0.718. The number of nitrogens with zero attached hydrogens (tertiary/aromatic N) is 1. The predicted molar refractivity (Wildman–Crippen MR) is 148 cm³/mol. The number of nitrogens with one attached hydrogen (secondary N) is 1. The van der Waals surface area contributed by atoms with Crippen molar-refractivity contribution in [1.29, 1.82) is 0 Å². The van der Waals surface area contributed by atoms with Crippen molar-refractivity contribution in [2.75, 3.05) is 18.0 Å². The van der Waals surface area contributed by atoms with E-state index in [0.717, 1.165) is 44.3 Å². The van der Waals surface area contributed by atoms with Gasteiger partial charge in [0.2, 0.25) is 0 Å². The first kappa shape index (κ1) is 24.9. The molecule has 5 heteroatoms. The Morgan fingerprint density at radius 2 is 1.53 bits per heavy atom. The summed E-state index contributed by atoms with van der Waals surface area (Å²) in [6.45, 7) is 4.31. The maximum atomic E-state index is 12.3. The first-order chi connectivity index (χ1) is 17.5. The summed E-state index contributed by atoms with van der Waals surface area (Å²) in [4.78, 5) is 14.8. The van der Waals surface area contributed by atoms with E-state index >= 15 is 0 Å². The van der Waals surface area contributed by atoms with Crippen LogP contribution in [0.2, 0.25) is 5.02 Å². The van der Waals surface area contributed by atoms with Crippen molar-refractivity contribution in [2.24, 2.45) is 0 Å². The quantitative estimate of drug-likeness (QED) is 0.387. The molecule has 4 nitrogen and oxygen atoms in total. The van der Waals surface area contributed by atoms with Crippen molar-refractivity contribution in [1.82, 2.24) is 5.32 Å². The van der Waals surface area contributed by atoms with Gasteiger partial charge >= 0.3 is 5.97 Å². The van der Waals surface area contributed by atoms with Crippen LogP contribution in [0.1, 0.15) is 49.7 Å². The number of rotatable bonds is 6. The highest BCUT2D eigenvalue weighted by atomic mass is 35.5. The molecule has 2 fully saturated rings. The molecular weight excluding hydrogens is 468 g/mol. The molecule has 5 rings (SSSR count). The molecule has 2 aliphatic rings. The average Bonchev–Trinajstić information content (AvgIpc) is 2.91. The van der Waals surface area contributed by atoms with Crippen molar-refractivity contribution < 1.29 is 9.90 Å². The van der Waals surface area contributed by atoms with Crippen LogP contribution < -0.4 is 10.2 Å². The average molecular weight is 503 g/mol. The van der Waals surface area contributed by atoms with Gasteiger partial charge in [-0.3, -0.25) is 4.79 Å². The first-order valence-electron chi connectivity index (χ1n) is 13.1. The molecule has 0 aromatic heterocycles. The van der Waals surface area contributed by atoms with E-state index < -0.39 is 11.4 Å². The van der Waals surface area contributed by atoms with Gasteiger partial charge in [0.15, 0.2) is 0 Å². The summed E-state index contributed by atoms with van der Waals surface area (Å²) in [6.07, 6.45) is 5.29. The topological polar surface area (TPSA) is 52.6 Å². The standard InChI is InChI=1S/C31H35ClN2O2/c1-22-28(23-6-3-2-4-7-23)8-5-9-29(22)34-20-16-27(17-21-34)33-26-14-18-31(19-15-26,30(35)36)24-10-12-25(32)13-11-24/h2-13,26-27,33H,14-21H2,1H3,(H,35,36). The third kappa shape index (κ3) is 5.02. The highest BCUT2D eigenvalue weighted by Crippen LogP contribution is 2.41. The molecule has 1 heterocycles. The summed E-state index contributed by atoms with van der Waals surface area (Å²) in [5, 5.41) is 14.6. The van der Waals surface area contributed by atoms with Gasteiger partial charge in [-0.15, -0.1) is 0 Å². The second-order valence-electron chi connectivity index (χ2n) is 10.4. The van der Waals surface area contributed by atoms with Gasteiger partial charge in [-0.25, -0.2) is 0 Å². The molecule has 36 heavy (non-hydrogen) atoms. The van der Waals surface area contributed by atoms with Crippen LogP contribution in [0.5, 0.6) is 0 Å². The van der Waals surface area contributed by atoms with Crippen LogP contribution >= 0.6 is 11.6 Å². The van der Waals surface area contributed by atoms with Crippen LogP contribution in [0, 0.1) is 6.92 Å². The maximum absolute atomic E-state index is 12.3. The van der Waals surface area contributed by atoms with Gasteiger partial charge in [0.25, 0.3) is 0 Å². The van der Waals surface area contributed by atoms with E-state index in [2.05, 4.69) is 65.7 Å². The van der Waals surface area contributed by atoms with Crippen LogP contribution in [0.3, 0.4) is 0 Å². The lowest BCUT2D eigenvalue weighted by atomic mass is 9.68. The van der Waals surface area contributed by atoms with E-state index in [1.165, 1.54) is 22.4 Å². The van der Waals surface area contributed by atoms with Gasteiger partial charge in [-0.2, -0.15) is 0 Å². The van der Waals surface area contributed by atoms with Gasteiger partial charge in [0, 0.05) is 35.9 Å². The van der Waals surface area contributed by atoms with Gasteiger partial charge < -0.3 is 15.3 Å². The lowest BCUT2D eigenvalue weighted by molar-refractivity contribution is -0.145. The Morgan fingerprint density at radius 1 is 0.889 bits per heavy atom. The third-order valence-corrected chi connectivity index (χ3v) is 8.59. The molecule has 0 bridgehead atoms. The zero-order valence-corrected chi connectivity index (χ0v) is 21.7. The monoisotopic (exact) mass is 502 g/mol. The molecule has 1 aliphatic carbocycles. The number of piperidine rings is 1. The fourth-order valence-corrected chi connectivity index (χ4v) is 6.32. The largest absolute Gasteiger partial charge is 0.481 e. The summed E-state index contributed by atoms with van der Waals surface area (Å²) >= 11 is 6.04. The summed E-state index contributed by atoms with van der Waals surface area (Å²) in [5.41, 5.74) is 5.32. The number of hydrogen-bond acceptors (Lipinski definition) is 3. The number of hydrogen-bond donors (Lipinski definition) is 2. The van der Waals surface area contributed by atoms with E-state index in [1.54, 1.807) is 12.1 Å². The van der Waals surface area contributed by atoms with Crippen LogP contribution in [0.25, 0.3) is 11.1 Å². The fraction of sp³-hybridized carbons (Fsp3) is 0.387. The minimum atomic E-state index is -0.798. The van der Waals surface area contributed by atoms with Crippen LogP contribution in [0.4, 0.5) is 5.69 Å². The minimum Gasteiger partial charge on any atom is -0.481 e. The number of benzene rings is 3. The van der Waals surface area contributed by atoms with Crippen molar-refractivity contribution in [3.8, 4) is 11.1 Å². The highest BCUT2D eigenvalue weighted by molar-refractivity contribution is 6.30. The van der Waals surface area contributed by atoms with E-state index in [9.17, 15) is 9.90 Å². The van der Waals surface area contributed by atoms with Gasteiger partial charge in [0.05, 0.1) is 5.41 Å². The smallest absolute Gasteiger partial charge is 0.314 e. The van der Waals surface area contributed by atoms with Crippen molar-refractivity contribution >= 4 is 23.3 Å². The minimum absolute atomic E-state index is 0.379. The molecule has 3 aromatic carbocycles. The lowest BCUT2D eigenvalue weighted by Crippen LogP contribution is -2.50. The zero-order chi connectivity index (χ0) is 25.1. The Balaban J connectivity index is 1.18. The SMILES string of the molecule is Cc1c(-c2ccccc2)cccc1N1CCC(NC2CCC(C(=O)O)(c3ccc(Cl)cc3)CC2)CC1. The Kier molecular flexibility index (Phi) is 7.36. The Labute approximate surface area is 219 Å². The van der Waals surface area contributed by atoms with Crippen LogP contribution in [0.15, 0.2) is 72.8 Å². The van der Waals surface area contributed by atoms with Crippen molar-refractivity contribution in [3.63, 3.8) is 0 Å². The molecule has 2 N–H and O–H groups in total. The highest BCUT2D eigenvalue weighted by Gasteiger charge is 2.43. The predicted octanol–water partition coefficient (Wildman–Crippen LogP) is 6.84. The van der Waals surface area contributed by atoms with E-state index in [1.807, 2.05) is 12.1 Å². The van der Waals surface area contributed by atoms with E-state index in [0.29, 0.717) is 29.9 Å². The van der Waals surface area contributed by atoms with Gasteiger partial charge in [-0.05, 0) is 85.9 Å². The van der Waals surface area contributed by atoms with Crippen molar-refractivity contribution in [3.05, 3.63) is 88.9 Å². The summed E-state index contributed by atoms with van der Waals surface area (Å²) in [6, 6.07) is 25.5. The Bertz CT molecular complexity index is 1180. The van der Waals surface area contributed by atoms with E-state index in [4.69, 9.17) is 11.6 Å². The Hall–Kier alpha value is -2.82. The lowest BCUT2D eigenvalue weighted by Gasteiger charge is -2.41. The molecule has 1 aliphatic heterocycles. The second-order valence-corrected chi connectivity index (χ2v) is 10.8. The molecule has 3 aromatic rings. The molecular formula is C31H35ClN2O2. The number of carboxylic acid groups (broad SMARTS) is 1. The molecule has 0 spiro atoms. The second kappa shape index (κ2) is 10.7. The normalized spacial score (nSPS) is 22.9. The van der Waals surface area contributed by atoms with Gasteiger partial charge in [0.1, 0.15) is 0 Å². The molecule has 1 saturated carbocycles. The maximum Gasteiger partial charge on any atom is 0.314 e. The molecule has 0 unspecified atom stereocenters. The third-order valence-electron chi connectivity index (χ3n) is 8.34. The first-order valence-corrected chi connectivity index (χ1v) is 13.5. The summed E-state index contributed by atoms with van der Waals surface area (Å²) < 4.78 is 0. The molecule has 0 radical (unpaired) electrons. The molecule has 0 amide bonds. The van der Waals surface area contributed by atoms with Crippen molar-refractivity contribution in [2.45, 2.75) is 62.9 Å². The number of carboxylic acids is 1. The van der Waals surface area contributed by atoms with Gasteiger partial charge in [-0.1, -0.05) is 66.2 Å². The van der Waals surface area contributed by atoms with Crippen LogP contribution in [-0.4, -0.2) is 36.2 Å². The zero-order valence-electron chi connectivity index (χ0n) is 20.9. The Morgan fingerprint density at radius 3 is 2.17 bits per heavy atom. The molecule has 188 valence electrons. The number of anilines is 1. The van der Waals surface area contributed by atoms with E-state index in [-0.39, 0.29) is 0 Å². The fourth-order valence-electron chi connectivity index (χ4n) is 6.19. The molecule has 1 saturated heterocycles. The number of halogens is 1. The number of aliphatic carboxylic acids is 1. The molecule has 0 atom stereocenters.